The fraction of sp³-hybridized carbons (Fsp3) is 0.0930. The van der Waals surface area contributed by atoms with Gasteiger partial charge in [0.05, 0.1) is 11.4 Å². The van der Waals surface area contributed by atoms with Crippen molar-refractivity contribution in [2.24, 2.45) is 0 Å². The van der Waals surface area contributed by atoms with Gasteiger partial charge in [-0.25, -0.2) is 0 Å². The first kappa shape index (κ1) is 63.2. The van der Waals surface area contributed by atoms with Crippen LogP contribution in [-0.2, 0) is 12.8 Å². The summed E-state index contributed by atoms with van der Waals surface area (Å²) in [5.74, 6) is 0. The molecule has 12 heteroatoms. The number of nitrogens with zero attached hydrogens (tertiary/aromatic N) is 6. The zero-order valence-electron chi connectivity index (χ0n) is 54.3. The number of rotatable bonds is 16. The molecule has 0 N–H and O–H groups in total. The van der Waals surface area contributed by atoms with Crippen LogP contribution in [0.25, 0.3) is 0 Å². The average Bonchev–Trinajstić information content (AvgIpc) is 0.686. The average molecular weight is 1710 g/mol. The highest BCUT2D eigenvalue weighted by atomic mass is 127. The molecule has 0 fully saturated rings. The van der Waals surface area contributed by atoms with E-state index < -0.39 is 0 Å². The minimum absolute atomic E-state index is 0.166. The zero-order chi connectivity index (χ0) is 66.1. The molecule has 0 saturated carbocycles. The maximum Gasteiger partial charge on any atom is 0.252 e. The Labute approximate surface area is 630 Å². The number of hydrogen-bond acceptors (Lipinski definition) is 6. The van der Waals surface area contributed by atoms with Gasteiger partial charge in [0.25, 0.3) is 13.4 Å². The number of aryl methyl sites for hydroxylation is 2. The van der Waals surface area contributed by atoms with Gasteiger partial charge >= 0.3 is 0 Å². The Bertz CT molecular complexity index is 4820. The summed E-state index contributed by atoms with van der Waals surface area (Å²) in [6.07, 6.45) is 6.73. The molecule has 17 rings (SSSR count). The van der Waals surface area contributed by atoms with Gasteiger partial charge in [-0.3, -0.25) is 0 Å². The first-order valence-electron chi connectivity index (χ1n) is 34.0. The van der Waals surface area contributed by atoms with Crippen molar-refractivity contribution in [2.75, 3.05) is 29.4 Å². The summed E-state index contributed by atoms with van der Waals surface area (Å²) in [6.45, 7) is 4.22. The van der Waals surface area contributed by atoms with Gasteiger partial charge in [-0.1, -0.05) is 130 Å². The number of fused-ring (bicyclic) bond motifs is 8. The summed E-state index contributed by atoms with van der Waals surface area (Å²) in [7, 11) is 0. The Balaban J connectivity index is 0.975. The van der Waals surface area contributed by atoms with Crippen LogP contribution in [-0.4, -0.2) is 13.4 Å². The normalized spacial score (nSPS) is 12.9. The maximum atomic E-state index is 2.65. The third-order valence-electron chi connectivity index (χ3n) is 20.0. The Kier molecular flexibility index (Phi) is 17.2. The van der Waals surface area contributed by atoms with Gasteiger partial charge in [-0.15, -0.1) is 0 Å². The van der Waals surface area contributed by atoms with Crippen LogP contribution in [0.2, 0.25) is 0 Å². The van der Waals surface area contributed by atoms with E-state index in [0.29, 0.717) is 0 Å². The van der Waals surface area contributed by atoms with Crippen LogP contribution in [0.5, 0.6) is 0 Å². The van der Waals surface area contributed by atoms with Crippen molar-refractivity contribution >= 4 is 239 Å². The predicted octanol–water partition coefficient (Wildman–Crippen LogP) is 21.9. The third-order valence-corrected chi connectivity index (χ3v) is 22.8. The van der Waals surface area contributed by atoms with E-state index in [2.05, 4.69) is 425 Å². The second-order valence-corrected chi connectivity index (χ2v) is 30.9. The molecule has 474 valence electrons. The van der Waals surface area contributed by atoms with Crippen LogP contribution < -0.4 is 62.2 Å². The Morgan fingerprint density at radius 2 is 0.561 bits per heavy atom. The van der Waals surface area contributed by atoms with E-state index in [-0.39, 0.29) is 13.4 Å². The first-order chi connectivity index (χ1) is 48.2. The van der Waals surface area contributed by atoms with Crippen LogP contribution in [0.1, 0.15) is 50.7 Å². The molecule has 13 aromatic rings. The number of halogens is 4. The lowest BCUT2D eigenvalue weighted by Gasteiger charge is -2.48. The van der Waals surface area contributed by atoms with E-state index >= 15 is 0 Å². The quantitative estimate of drug-likeness (QED) is 0.0704. The van der Waals surface area contributed by atoms with E-state index in [1.165, 1.54) is 69.6 Å². The first-order valence-corrected chi connectivity index (χ1v) is 38.3. The molecular formula is C86H66B2I4N6. The van der Waals surface area contributed by atoms with Crippen molar-refractivity contribution in [2.45, 2.75) is 52.4 Å². The van der Waals surface area contributed by atoms with Crippen LogP contribution in [0.4, 0.5) is 102 Å². The van der Waals surface area contributed by atoms with Gasteiger partial charge in [-0.05, 0) is 348 Å². The number of anilines is 18. The minimum atomic E-state index is -0.166. The minimum Gasteiger partial charge on any atom is -0.311 e. The van der Waals surface area contributed by atoms with Crippen LogP contribution in [0, 0.1) is 14.3 Å². The summed E-state index contributed by atoms with van der Waals surface area (Å²) in [5, 5.41) is 0. The summed E-state index contributed by atoms with van der Waals surface area (Å²) in [4.78, 5) is 15.3. The summed E-state index contributed by atoms with van der Waals surface area (Å²) >= 11 is 9.83. The number of para-hydroxylation sites is 4. The highest BCUT2D eigenvalue weighted by Gasteiger charge is 2.49. The Hall–Kier alpha value is -8.29. The molecule has 0 saturated heterocycles. The SMILES string of the molecule is CCCCc1ccc(N(c2ccc(I)cc2)c2cc3c4c(c2)N(c2ccc(I)cc2)c2cc5c(cc2B4c2ccccc2N3c2ccccc2)B2c3ccccc3N(c3ccccc3)c3cc(N(c4ccc(I)cc4)c4ccc(CCCC)cc4)cc(c32)N5c2ccc(I)cc2)cc1. The Morgan fingerprint density at radius 1 is 0.265 bits per heavy atom. The highest BCUT2D eigenvalue weighted by molar-refractivity contribution is 14.1. The smallest absolute Gasteiger partial charge is 0.252 e. The molecule has 13 aromatic carbocycles. The molecule has 0 aromatic heterocycles. The van der Waals surface area contributed by atoms with E-state index in [0.717, 1.165) is 130 Å². The van der Waals surface area contributed by atoms with Crippen molar-refractivity contribution in [1.82, 2.24) is 0 Å². The lowest BCUT2D eigenvalue weighted by Crippen LogP contribution is -2.65. The molecule has 4 aliphatic heterocycles. The number of hydrogen-bond donors (Lipinski definition) is 0. The largest absolute Gasteiger partial charge is 0.311 e. The molecule has 4 aliphatic rings. The van der Waals surface area contributed by atoms with Crippen LogP contribution >= 0.6 is 90.4 Å². The lowest BCUT2D eigenvalue weighted by molar-refractivity contribution is 0.795. The van der Waals surface area contributed by atoms with Gasteiger partial charge in [-0.2, -0.15) is 0 Å². The second-order valence-electron chi connectivity index (χ2n) is 25.9. The van der Waals surface area contributed by atoms with E-state index in [9.17, 15) is 0 Å². The molecule has 0 unspecified atom stereocenters. The third kappa shape index (κ3) is 11.3. The lowest BCUT2D eigenvalue weighted by atomic mass is 9.30. The molecule has 0 radical (unpaired) electrons. The molecule has 0 bridgehead atoms. The van der Waals surface area contributed by atoms with E-state index in [1.807, 2.05) is 0 Å². The van der Waals surface area contributed by atoms with Gasteiger partial charge in [0, 0.05) is 105 Å². The monoisotopic (exact) mass is 1710 g/mol. The van der Waals surface area contributed by atoms with E-state index in [4.69, 9.17) is 0 Å². The molecule has 0 aliphatic carbocycles. The van der Waals surface area contributed by atoms with Crippen molar-refractivity contribution in [3.05, 3.63) is 317 Å². The topological polar surface area (TPSA) is 19.4 Å². The van der Waals surface area contributed by atoms with Crippen molar-refractivity contribution in [3.8, 4) is 0 Å². The van der Waals surface area contributed by atoms with Gasteiger partial charge < -0.3 is 29.4 Å². The fourth-order valence-electron chi connectivity index (χ4n) is 15.5. The summed E-state index contributed by atoms with van der Waals surface area (Å²) < 4.78 is 4.74. The fourth-order valence-corrected chi connectivity index (χ4v) is 17.0. The Morgan fingerprint density at radius 3 is 0.908 bits per heavy atom. The van der Waals surface area contributed by atoms with Crippen LogP contribution in [0.3, 0.4) is 0 Å². The predicted molar refractivity (Wildman–Crippen MR) is 452 cm³/mol. The summed E-state index contributed by atoms with van der Waals surface area (Å²) in [5.41, 5.74) is 30.5. The number of benzene rings is 13. The van der Waals surface area contributed by atoms with E-state index in [1.54, 1.807) is 0 Å². The highest BCUT2D eigenvalue weighted by Crippen LogP contribution is 2.53. The maximum absolute atomic E-state index is 2.65. The molecule has 0 atom stereocenters. The molecule has 98 heavy (non-hydrogen) atoms. The molecule has 4 heterocycles. The van der Waals surface area contributed by atoms with Crippen molar-refractivity contribution in [1.29, 1.82) is 0 Å². The standard InChI is InChI=1S/C86H66B2I4N6/c1-3-5-17-57-27-39-65(40-28-57)93(67-43-31-59(89)32-44-67)71-51-81-85-83(53-71)97(69-47-35-61(91)36-48-69)79-56-80-76(55-75(79)87(85)73-23-13-15-25-77(73)95(81)63-19-9-7-10-20-63)88-74-24-14-16-26-78(74)96(64-21-11-8-12-22-64)82-52-72(54-84(86(82)88)98(80)70-49-37-62(92)38-50-70)94(68-45-33-60(90)34-46-68)66-41-29-58(30-42-66)18-6-4-2/h7-16,19-56H,3-6,17-18H2,1-2H3. The van der Waals surface area contributed by atoms with Gasteiger partial charge in [0.2, 0.25) is 0 Å². The second kappa shape index (κ2) is 26.8. The molecular weight excluding hydrogens is 1650 g/mol. The van der Waals surface area contributed by atoms with Crippen molar-refractivity contribution in [3.63, 3.8) is 0 Å². The van der Waals surface area contributed by atoms with Gasteiger partial charge in [0.15, 0.2) is 0 Å². The van der Waals surface area contributed by atoms with Crippen LogP contribution in [0.15, 0.2) is 291 Å². The summed E-state index contributed by atoms with van der Waals surface area (Å²) in [6, 6.07) is 111. The molecule has 0 amide bonds. The van der Waals surface area contributed by atoms with Gasteiger partial charge in [0.1, 0.15) is 0 Å². The molecule has 0 spiro atoms. The molecule has 6 nitrogen and oxygen atoms in total. The number of unbranched alkanes of at least 4 members (excludes halogenated alkanes) is 2. The zero-order valence-corrected chi connectivity index (χ0v) is 62.9. The van der Waals surface area contributed by atoms with Crippen molar-refractivity contribution < 1.29 is 0 Å².